The maximum absolute atomic E-state index is 12.1. The lowest BCUT2D eigenvalue weighted by Gasteiger charge is -2.25. The van der Waals surface area contributed by atoms with Crippen molar-refractivity contribution in [1.29, 1.82) is 0 Å². The molecule has 146 valence electrons. The number of anilines is 1. The lowest BCUT2D eigenvalue weighted by Crippen LogP contribution is -2.29. The maximum atomic E-state index is 12.1. The zero-order valence-corrected chi connectivity index (χ0v) is 17.2. The summed E-state index contributed by atoms with van der Waals surface area (Å²) in [4.78, 5) is 19.1. The van der Waals surface area contributed by atoms with Crippen molar-refractivity contribution < 1.29 is 9.53 Å². The molecule has 3 rings (SSSR count). The summed E-state index contributed by atoms with van der Waals surface area (Å²) in [7, 11) is 0. The number of hydrogen-bond donors (Lipinski definition) is 1. The molecule has 0 spiro atoms. The van der Waals surface area contributed by atoms with Gasteiger partial charge in [0.05, 0.1) is 12.3 Å². The molecule has 0 saturated carbocycles. The van der Waals surface area contributed by atoms with E-state index in [1.54, 1.807) is 6.07 Å². The summed E-state index contributed by atoms with van der Waals surface area (Å²) in [6.45, 7) is 5.62. The molecule has 1 aromatic heterocycles. The van der Waals surface area contributed by atoms with Gasteiger partial charge in [-0.25, -0.2) is 4.98 Å². The zero-order valence-electron chi connectivity index (χ0n) is 15.7. The fraction of sp³-hybridized carbons (Fsp3) is 0.500. The Morgan fingerprint density at radius 1 is 1.33 bits per heavy atom. The molecule has 2 aromatic rings. The second-order valence-electron chi connectivity index (χ2n) is 6.89. The summed E-state index contributed by atoms with van der Waals surface area (Å²) in [5.74, 6) is 0.785. The number of nitrogens with zero attached hydrogens (tertiary/aromatic N) is 2. The highest BCUT2D eigenvalue weighted by Gasteiger charge is 2.13. The summed E-state index contributed by atoms with van der Waals surface area (Å²) in [5, 5.41) is 6.31. The fourth-order valence-electron chi connectivity index (χ4n) is 3.16. The minimum Gasteiger partial charge on any atom is -0.493 e. The normalized spacial score (nSPS) is 14.9. The van der Waals surface area contributed by atoms with Gasteiger partial charge < -0.3 is 10.1 Å². The molecule has 1 amide bonds. The lowest BCUT2D eigenvalue weighted by atomic mass is 10.1. The van der Waals surface area contributed by atoms with Crippen LogP contribution in [0.5, 0.6) is 5.75 Å². The first-order valence-electron chi connectivity index (χ1n) is 9.46. The van der Waals surface area contributed by atoms with Crippen LogP contribution in [0.4, 0.5) is 5.13 Å². The molecule has 0 atom stereocenters. The number of carbonyl (C=O) groups is 1. The highest BCUT2D eigenvalue weighted by atomic mass is 35.5. The number of thiazole rings is 1. The molecular weight excluding hydrogens is 382 g/mol. The van der Waals surface area contributed by atoms with Crippen molar-refractivity contribution in [3.63, 3.8) is 0 Å². The number of amides is 1. The highest BCUT2D eigenvalue weighted by Crippen LogP contribution is 2.22. The quantitative estimate of drug-likeness (QED) is 0.633. The van der Waals surface area contributed by atoms with Crippen LogP contribution in [0.15, 0.2) is 23.6 Å². The van der Waals surface area contributed by atoms with E-state index in [0.29, 0.717) is 29.6 Å². The van der Waals surface area contributed by atoms with Gasteiger partial charge in [-0.15, -0.1) is 11.3 Å². The molecule has 27 heavy (non-hydrogen) atoms. The van der Waals surface area contributed by atoms with E-state index in [4.69, 9.17) is 16.3 Å². The van der Waals surface area contributed by atoms with Crippen molar-refractivity contribution >= 4 is 34.0 Å². The topological polar surface area (TPSA) is 54.5 Å². The van der Waals surface area contributed by atoms with Crippen LogP contribution in [-0.2, 0) is 11.3 Å². The Morgan fingerprint density at radius 2 is 2.15 bits per heavy atom. The van der Waals surface area contributed by atoms with E-state index in [1.165, 1.54) is 30.6 Å². The Morgan fingerprint density at radius 3 is 2.93 bits per heavy atom. The third-order valence-electron chi connectivity index (χ3n) is 4.58. The van der Waals surface area contributed by atoms with Gasteiger partial charge in [0, 0.05) is 23.4 Å². The number of benzene rings is 1. The van der Waals surface area contributed by atoms with E-state index >= 15 is 0 Å². The summed E-state index contributed by atoms with van der Waals surface area (Å²) in [6.07, 6.45) is 4.93. The molecule has 1 aliphatic rings. The van der Waals surface area contributed by atoms with Crippen molar-refractivity contribution in [3.05, 3.63) is 39.9 Å². The van der Waals surface area contributed by atoms with Crippen molar-refractivity contribution in [2.45, 2.75) is 45.6 Å². The Kier molecular flexibility index (Phi) is 7.50. The van der Waals surface area contributed by atoms with Crippen LogP contribution in [0.3, 0.4) is 0 Å². The fourth-order valence-corrected chi connectivity index (χ4v) is 4.10. The molecule has 5 nitrogen and oxygen atoms in total. The first-order chi connectivity index (χ1) is 13.1. The van der Waals surface area contributed by atoms with Gasteiger partial charge in [0.1, 0.15) is 5.75 Å². The van der Waals surface area contributed by atoms with Gasteiger partial charge in [-0.1, -0.05) is 18.0 Å². The third-order valence-corrected chi connectivity index (χ3v) is 5.62. The molecular formula is C20H26ClN3O2S. The summed E-state index contributed by atoms with van der Waals surface area (Å²) in [5.41, 5.74) is 2.04. The summed E-state index contributed by atoms with van der Waals surface area (Å²) >= 11 is 7.43. The van der Waals surface area contributed by atoms with Crippen molar-refractivity contribution in [1.82, 2.24) is 9.88 Å². The van der Waals surface area contributed by atoms with Crippen molar-refractivity contribution in [2.75, 3.05) is 25.0 Å². The predicted octanol–water partition coefficient (Wildman–Crippen LogP) is 4.89. The number of ether oxygens (including phenoxy) is 1. The van der Waals surface area contributed by atoms with E-state index < -0.39 is 0 Å². The molecule has 0 bridgehead atoms. The van der Waals surface area contributed by atoms with Gasteiger partial charge in [0.15, 0.2) is 5.13 Å². The van der Waals surface area contributed by atoms with Crippen molar-refractivity contribution in [3.8, 4) is 5.75 Å². The van der Waals surface area contributed by atoms with Gasteiger partial charge in [0.25, 0.3) is 0 Å². The third kappa shape index (κ3) is 6.48. The Labute approximate surface area is 169 Å². The molecule has 1 aliphatic heterocycles. The zero-order chi connectivity index (χ0) is 19.1. The summed E-state index contributed by atoms with van der Waals surface area (Å²) in [6, 6.07) is 5.53. The smallest absolute Gasteiger partial charge is 0.226 e. The minimum atomic E-state index is -0.0229. The predicted molar refractivity (Wildman–Crippen MR) is 111 cm³/mol. The average molecular weight is 408 g/mol. The average Bonchev–Trinajstić information content (AvgIpc) is 3.08. The minimum absolute atomic E-state index is 0.0229. The van der Waals surface area contributed by atoms with Crippen LogP contribution in [0.2, 0.25) is 5.02 Å². The molecule has 1 aromatic carbocycles. The van der Waals surface area contributed by atoms with E-state index in [2.05, 4.69) is 15.2 Å². The second kappa shape index (κ2) is 10.1. The van der Waals surface area contributed by atoms with E-state index in [-0.39, 0.29) is 5.91 Å². The van der Waals surface area contributed by atoms with E-state index in [1.807, 2.05) is 24.4 Å². The van der Waals surface area contributed by atoms with Gasteiger partial charge in [-0.2, -0.15) is 0 Å². The SMILES string of the molecule is Cc1cc(Cl)ccc1OCCCC(=O)Nc1nc(CN2CCCCC2)cs1. The van der Waals surface area contributed by atoms with Crippen LogP contribution in [-0.4, -0.2) is 35.5 Å². The van der Waals surface area contributed by atoms with Crippen molar-refractivity contribution in [2.24, 2.45) is 0 Å². The number of hydrogen-bond acceptors (Lipinski definition) is 5. The molecule has 0 aliphatic carbocycles. The number of aromatic nitrogens is 1. The van der Waals surface area contributed by atoms with Crippen LogP contribution in [0.1, 0.15) is 43.4 Å². The number of likely N-dealkylation sites (tertiary alicyclic amines) is 1. The van der Waals surface area contributed by atoms with Gasteiger partial charge in [-0.05, 0) is 63.0 Å². The van der Waals surface area contributed by atoms with Gasteiger partial charge >= 0.3 is 0 Å². The Bertz CT molecular complexity index is 759. The van der Waals surface area contributed by atoms with Gasteiger partial charge in [0.2, 0.25) is 5.91 Å². The van der Waals surface area contributed by atoms with E-state index in [9.17, 15) is 4.79 Å². The lowest BCUT2D eigenvalue weighted by molar-refractivity contribution is -0.116. The number of halogens is 1. The Hall–Kier alpha value is -1.63. The molecule has 1 fully saturated rings. The molecule has 1 saturated heterocycles. The van der Waals surface area contributed by atoms with E-state index in [0.717, 1.165) is 36.6 Å². The monoisotopic (exact) mass is 407 g/mol. The number of rotatable bonds is 8. The second-order valence-corrected chi connectivity index (χ2v) is 8.19. The molecule has 0 unspecified atom stereocenters. The van der Waals surface area contributed by atoms with Crippen LogP contribution in [0.25, 0.3) is 0 Å². The number of nitrogens with one attached hydrogen (secondary N) is 1. The largest absolute Gasteiger partial charge is 0.493 e. The molecule has 1 N–H and O–H groups in total. The molecule has 0 radical (unpaired) electrons. The number of aryl methyl sites for hydroxylation is 1. The van der Waals surface area contributed by atoms with Crippen LogP contribution in [0, 0.1) is 6.92 Å². The molecule has 2 heterocycles. The van der Waals surface area contributed by atoms with Gasteiger partial charge in [-0.3, -0.25) is 9.69 Å². The highest BCUT2D eigenvalue weighted by molar-refractivity contribution is 7.13. The first kappa shape index (κ1) is 20.1. The maximum Gasteiger partial charge on any atom is 0.226 e. The Balaban J connectivity index is 1.36. The molecule has 7 heteroatoms. The first-order valence-corrected chi connectivity index (χ1v) is 10.7. The van der Waals surface area contributed by atoms with Crippen LogP contribution < -0.4 is 10.1 Å². The van der Waals surface area contributed by atoms with Crippen LogP contribution >= 0.6 is 22.9 Å². The number of carbonyl (C=O) groups excluding carboxylic acids is 1. The standard InChI is InChI=1S/C20H26ClN3O2S/c1-15-12-16(21)7-8-18(15)26-11-5-6-19(25)23-20-22-17(14-27-20)13-24-9-3-2-4-10-24/h7-8,12,14H,2-6,9-11,13H2,1H3,(H,22,23,25). The number of piperidine rings is 1. The summed E-state index contributed by atoms with van der Waals surface area (Å²) < 4.78 is 5.72.